The average molecular weight is 510 g/mol. The first-order valence-electron chi connectivity index (χ1n) is 9.15. The van der Waals surface area contributed by atoms with Crippen LogP contribution in [0.1, 0.15) is 25.0 Å². The van der Waals surface area contributed by atoms with Gasteiger partial charge in [-0.25, -0.2) is 15.0 Å². The number of rotatable bonds is 7. The van der Waals surface area contributed by atoms with E-state index in [4.69, 9.17) is 0 Å². The van der Waals surface area contributed by atoms with E-state index in [0.717, 1.165) is 23.5 Å². The number of halogens is 1. The second-order valence-electron chi connectivity index (χ2n) is 6.72. The van der Waals surface area contributed by atoms with Crippen LogP contribution >= 0.6 is 24.0 Å². The lowest BCUT2D eigenvalue weighted by Crippen LogP contribution is -2.44. The zero-order valence-electron chi connectivity index (χ0n) is 16.8. The molecule has 1 unspecified atom stereocenters. The van der Waals surface area contributed by atoms with E-state index in [1.54, 1.807) is 42.7 Å². The summed E-state index contributed by atoms with van der Waals surface area (Å²) in [5.41, 5.74) is 0.711. The number of hydrogen-bond acceptors (Lipinski definition) is 5. The van der Waals surface area contributed by atoms with E-state index < -0.39 is 5.60 Å². The van der Waals surface area contributed by atoms with E-state index in [1.165, 1.54) is 0 Å². The van der Waals surface area contributed by atoms with Crippen LogP contribution in [0.2, 0.25) is 0 Å². The van der Waals surface area contributed by atoms with Gasteiger partial charge in [0.2, 0.25) is 0 Å². The van der Waals surface area contributed by atoms with Crippen LogP contribution in [0.3, 0.4) is 0 Å². The van der Waals surface area contributed by atoms with Crippen molar-refractivity contribution in [1.82, 2.24) is 34.9 Å². The van der Waals surface area contributed by atoms with Crippen molar-refractivity contribution in [3.8, 4) is 5.82 Å². The van der Waals surface area contributed by atoms with Gasteiger partial charge in [-0.15, -0.1) is 24.0 Å². The molecule has 0 amide bonds. The summed E-state index contributed by atoms with van der Waals surface area (Å²) in [7, 11) is 1.82. The predicted molar refractivity (Wildman–Crippen MR) is 122 cm³/mol. The van der Waals surface area contributed by atoms with Gasteiger partial charge in [-0.3, -0.25) is 9.25 Å². The highest BCUT2D eigenvalue weighted by Gasteiger charge is 2.24. The smallest absolute Gasteiger partial charge is 0.191 e. The molecule has 9 nitrogen and oxygen atoms in total. The number of pyridine rings is 1. The van der Waals surface area contributed by atoms with Crippen molar-refractivity contribution in [1.29, 1.82) is 0 Å². The molecule has 0 fully saturated rings. The molecule has 1 atom stereocenters. The number of hydrogen-bond donors (Lipinski definition) is 3. The highest BCUT2D eigenvalue weighted by atomic mass is 127. The molecule has 3 N–H and O–H groups in total. The Morgan fingerprint density at radius 2 is 2.14 bits per heavy atom. The molecule has 3 aromatic heterocycles. The number of guanidine groups is 1. The average Bonchev–Trinajstić information content (AvgIpc) is 3.36. The van der Waals surface area contributed by atoms with Gasteiger partial charge in [-0.1, -0.05) is 0 Å². The number of nitrogens with zero attached hydrogens (tertiary/aromatic N) is 6. The van der Waals surface area contributed by atoms with E-state index in [1.807, 2.05) is 36.9 Å². The van der Waals surface area contributed by atoms with Gasteiger partial charge in [0.1, 0.15) is 17.7 Å². The van der Waals surface area contributed by atoms with Crippen molar-refractivity contribution >= 4 is 29.9 Å². The third-order valence-electron chi connectivity index (χ3n) is 4.27. The number of aliphatic hydroxyl groups is 1. The van der Waals surface area contributed by atoms with Gasteiger partial charge in [0.05, 0.1) is 19.3 Å². The molecule has 29 heavy (non-hydrogen) atoms. The number of aliphatic imine (C=N–C) groups is 1. The van der Waals surface area contributed by atoms with E-state index >= 15 is 0 Å². The highest BCUT2D eigenvalue weighted by Crippen LogP contribution is 2.18. The fourth-order valence-corrected chi connectivity index (χ4v) is 2.66. The minimum absolute atomic E-state index is 0. The highest BCUT2D eigenvalue weighted by molar-refractivity contribution is 14.0. The maximum atomic E-state index is 10.7. The molecule has 0 saturated heterocycles. The van der Waals surface area contributed by atoms with Gasteiger partial charge in [-0.2, -0.15) is 5.10 Å². The summed E-state index contributed by atoms with van der Waals surface area (Å²) in [6.07, 6.45) is 10.5. The quantitative estimate of drug-likeness (QED) is 0.253. The Hall–Kier alpha value is -2.47. The van der Waals surface area contributed by atoms with Crippen molar-refractivity contribution in [2.75, 3.05) is 13.1 Å². The Bertz CT molecular complexity index is 920. The minimum atomic E-state index is -1.06. The SMILES string of the molecule is CCNC(=NCc1ccnc(-n2ccnc2)c1)NCC(C)(O)c1cnn(C)c1.I. The maximum Gasteiger partial charge on any atom is 0.191 e. The number of aromatic nitrogens is 5. The third-order valence-corrected chi connectivity index (χ3v) is 4.27. The van der Waals surface area contributed by atoms with Gasteiger partial charge in [0, 0.05) is 43.9 Å². The van der Waals surface area contributed by atoms with Crippen LogP contribution < -0.4 is 10.6 Å². The number of aryl methyl sites for hydroxylation is 1. The summed E-state index contributed by atoms with van der Waals surface area (Å²) in [4.78, 5) is 13.0. The van der Waals surface area contributed by atoms with Crippen molar-refractivity contribution in [2.24, 2.45) is 12.0 Å². The van der Waals surface area contributed by atoms with Crippen LogP contribution in [-0.4, -0.2) is 48.5 Å². The van der Waals surface area contributed by atoms with Crippen LogP contribution in [0, 0.1) is 0 Å². The first kappa shape index (κ1) is 22.8. The maximum absolute atomic E-state index is 10.7. The minimum Gasteiger partial charge on any atom is -0.383 e. The molecule has 3 aromatic rings. The predicted octanol–water partition coefficient (Wildman–Crippen LogP) is 1.58. The van der Waals surface area contributed by atoms with Crippen molar-refractivity contribution in [2.45, 2.75) is 26.0 Å². The molecule has 0 saturated carbocycles. The van der Waals surface area contributed by atoms with Gasteiger partial charge in [0.25, 0.3) is 0 Å². The zero-order valence-corrected chi connectivity index (χ0v) is 19.1. The molecule has 0 spiro atoms. The molecule has 0 bridgehead atoms. The molecule has 156 valence electrons. The molecule has 3 rings (SSSR count). The van der Waals surface area contributed by atoms with Crippen LogP contribution in [0.5, 0.6) is 0 Å². The lowest BCUT2D eigenvalue weighted by Gasteiger charge is -2.23. The fourth-order valence-electron chi connectivity index (χ4n) is 2.66. The van der Waals surface area contributed by atoms with Crippen LogP contribution in [0.15, 0.2) is 54.4 Å². The molecule has 0 aliphatic heterocycles. The lowest BCUT2D eigenvalue weighted by molar-refractivity contribution is 0.0616. The van der Waals surface area contributed by atoms with Gasteiger partial charge in [-0.05, 0) is 31.5 Å². The van der Waals surface area contributed by atoms with Crippen molar-refractivity contribution < 1.29 is 5.11 Å². The summed E-state index contributed by atoms with van der Waals surface area (Å²) in [6.45, 7) is 5.26. The summed E-state index contributed by atoms with van der Waals surface area (Å²) in [5.74, 6) is 1.43. The van der Waals surface area contributed by atoms with Gasteiger partial charge >= 0.3 is 0 Å². The summed E-state index contributed by atoms with van der Waals surface area (Å²) in [6, 6.07) is 3.90. The molecule has 10 heteroatoms. The molecular weight excluding hydrogens is 483 g/mol. The molecule has 0 radical (unpaired) electrons. The molecule has 0 aliphatic rings. The normalized spacial score (nSPS) is 13.4. The lowest BCUT2D eigenvalue weighted by atomic mass is 10.00. The van der Waals surface area contributed by atoms with E-state index in [-0.39, 0.29) is 24.0 Å². The largest absolute Gasteiger partial charge is 0.383 e. The van der Waals surface area contributed by atoms with E-state index in [2.05, 4.69) is 30.7 Å². The fraction of sp³-hybridized carbons (Fsp3) is 0.368. The Morgan fingerprint density at radius 1 is 1.31 bits per heavy atom. The summed E-state index contributed by atoms with van der Waals surface area (Å²) < 4.78 is 3.52. The standard InChI is InChI=1S/C19H26N8O.HI/c1-4-21-18(24-13-19(2,28)16-11-25-26(3)12-16)23-10-15-5-6-22-17(9-15)27-8-7-20-14-27;/h5-9,11-12,14,28H,4,10,13H2,1-3H3,(H2,21,23,24);1H. The zero-order chi connectivity index (χ0) is 20.0. The summed E-state index contributed by atoms with van der Waals surface area (Å²) in [5, 5.41) is 21.3. The Kier molecular flexibility index (Phi) is 8.14. The van der Waals surface area contributed by atoms with E-state index in [9.17, 15) is 5.11 Å². The second-order valence-corrected chi connectivity index (χ2v) is 6.72. The van der Waals surface area contributed by atoms with Gasteiger partial charge in [0.15, 0.2) is 5.96 Å². The van der Waals surface area contributed by atoms with Crippen LogP contribution in [0.25, 0.3) is 5.82 Å². The molecule has 0 aromatic carbocycles. The number of imidazole rings is 1. The third kappa shape index (κ3) is 6.26. The molecular formula is C19H27IN8O. The first-order valence-corrected chi connectivity index (χ1v) is 9.15. The Labute approximate surface area is 187 Å². The Morgan fingerprint density at radius 3 is 2.79 bits per heavy atom. The van der Waals surface area contributed by atoms with Crippen LogP contribution in [-0.2, 0) is 19.2 Å². The van der Waals surface area contributed by atoms with Gasteiger partial charge < -0.3 is 15.7 Å². The molecule has 3 heterocycles. The van der Waals surface area contributed by atoms with Crippen molar-refractivity contribution in [3.05, 3.63) is 60.6 Å². The summed E-state index contributed by atoms with van der Waals surface area (Å²) >= 11 is 0. The monoisotopic (exact) mass is 510 g/mol. The topological polar surface area (TPSA) is 105 Å². The van der Waals surface area contributed by atoms with Crippen molar-refractivity contribution in [3.63, 3.8) is 0 Å². The number of nitrogens with one attached hydrogen (secondary N) is 2. The Balaban J connectivity index is 0.00000300. The molecule has 0 aliphatic carbocycles. The first-order chi connectivity index (χ1) is 13.5. The van der Waals surface area contributed by atoms with E-state index in [0.29, 0.717) is 19.0 Å². The van der Waals surface area contributed by atoms with Crippen LogP contribution in [0.4, 0.5) is 0 Å². The second kappa shape index (κ2) is 10.3.